The van der Waals surface area contributed by atoms with Crippen LogP contribution in [-0.2, 0) is 4.79 Å². The van der Waals surface area contributed by atoms with Gasteiger partial charge in [0.05, 0.1) is 12.1 Å². The number of ether oxygens (including phenoxy) is 1. The number of carbonyl (C=O) groups excluding carboxylic acids is 1. The quantitative estimate of drug-likeness (QED) is 0.549. The third-order valence-electron chi connectivity index (χ3n) is 1.54. The molecule has 1 aromatic rings. The van der Waals surface area contributed by atoms with Crippen LogP contribution in [0.3, 0.4) is 0 Å². The third kappa shape index (κ3) is 2.60. The second kappa shape index (κ2) is 4.67. The molecule has 1 aromatic carbocycles. The van der Waals surface area contributed by atoms with Crippen molar-refractivity contribution in [1.29, 1.82) is 0 Å². The highest BCUT2D eigenvalue weighted by Crippen LogP contribution is 2.25. The van der Waals surface area contributed by atoms with Crippen LogP contribution in [0, 0.1) is 0 Å². The van der Waals surface area contributed by atoms with E-state index in [9.17, 15) is 4.79 Å². The molecule has 3 heteroatoms. The molecule has 0 unspecified atom stereocenters. The van der Waals surface area contributed by atoms with Crippen LogP contribution in [0.2, 0.25) is 5.02 Å². The Morgan fingerprint density at radius 3 is 2.77 bits per heavy atom. The lowest BCUT2D eigenvalue weighted by Crippen LogP contribution is -1.83. The summed E-state index contributed by atoms with van der Waals surface area (Å²) in [6, 6.07) is 5.32. The first kappa shape index (κ1) is 9.81. The number of hydrogen-bond donors (Lipinski definition) is 0. The summed E-state index contributed by atoms with van der Waals surface area (Å²) in [7, 11) is 1.56. The van der Waals surface area contributed by atoms with Gasteiger partial charge in [0.25, 0.3) is 0 Å². The molecule has 0 aliphatic heterocycles. The van der Waals surface area contributed by atoms with E-state index in [0.717, 1.165) is 11.8 Å². The second-order valence-corrected chi connectivity index (χ2v) is 2.80. The Morgan fingerprint density at radius 2 is 2.23 bits per heavy atom. The first-order valence-corrected chi connectivity index (χ1v) is 4.11. The highest BCUT2D eigenvalue weighted by molar-refractivity contribution is 6.32. The van der Waals surface area contributed by atoms with Crippen molar-refractivity contribution in [3.05, 3.63) is 34.9 Å². The molecule has 13 heavy (non-hydrogen) atoms. The van der Waals surface area contributed by atoms with Gasteiger partial charge in [0.1, 0.15) is 12.0 Å². The van der Waals surface area contributed by atoms with E-state index in [1.54, 1.807) is 25.3 Å². The van der Waals surface area contributed by atoms with E-state index in [4.69, 9.17) is 16.3 Å². The number of aldehydes is 1. The molecule has 0 heterocycles. The van der Waals surface area contributed by atoms with Gasteiger partial charge in [-0.1, -0.05) is 23.7 Å². The zero-order valence-electron chi connectivity index (χ0n) is 7.16. The van der Waals surface area contributed by atoms with Gasteiger partial charge in [0, 0.05) is 0 Å². The largest absolute Gasteiger partial charge is 0.495 e. The van der Waals surface area contributed by atoms with E-state index < -0.39 is 0 Å². The van der Waals surface area contributed by atoms with Crippen LogP contribution >= 0.6 is 11.6 Å². The van der Waals surface area contributed by atoms with Gasteiger partial charge in [-0.2, -0.15) is 0 Å². The minimum Gasteiger partial charge on any atom is -0.495 e. The Labute approximate surface area is 81.8 Å². The molecule has 0 fully saturated rings. The van der Waals surface area contributed by atoms with Crippen molar-refractivity contribution in [2.24, 2.45) is 0 Å². The summed E-state index contributed by atoms with van der Waals surface area (Å²) >= 11 is 5.86. The number of halogens is 1. The lowest BCUT2D eigenvalue weighted by atomic mass is 10.2. The van der Waals surface area contributed by atoms with E-state index in [1.165, 1.54) is 6.08 Å². The van der Waals surface area contributed by atoms with Crippen LogP contribution in [0.1, 0.15) is 5.56 Å². The molecule has 0 aliphatic rings. The lowest BCUT2D eigenvalue weighted by Gasteiger charge is -2.02. The highest BCUT2D eigenvalue weighted by Gasteiger charge is 1.98. The Hall–Kier alpha value is -1.28. The molecule has 0 spiro atoms. The number of rotatable bonds is 3. The van der Waals surface area contributed by atoms with Crippen LogP contribution in [0.15, 0.2) is 24.3 Å². The smallest absolute Gasteiger partial charge is 0.142 e. The van der Waals surface area contributed by atoms with Gasteiger partial charge >= 0.3 is 0 Å². The maximum absolute atomic E-state index is 10.0. The molecule has 0 aliphatic carbocycles. The number of allylic oxidation sites excluding steroid dienone is 1. The van der Waals surface area contributed by atoms with Crippen molar-refractivity contribution in [2.45, 2.75) is 0 Å². The van der Waals surface area contributed by atoms with Crippen molar-refractivity contribution < 1.29 is 9.53 Å². The van der Waals surface area contributed by atoms with Gasteiger partial charge in [-0.15, -0.1) is 0 Å². The molecule has 0 aromatic heterocycles. The Balaban J connectivity index is 2.95. The van der Waals surface area contributed by atoms with Crippen LogP contribution in [0.4, 0.5) is 0 Å². The molecular weight excluding hydrogens is 188 g/mol. The van der Waals surface area contributed by atoms with Crippen molar-refractivity contribution in [3.8, 4) is 5.75 Å². The van der Waals surface area contributed by atoms with Crippen LogP contribution in [0.25, 0.3) is 6.08 Å². The van der Waals surface area contributed by atoms with Gasteiger partial charge in [0.2, 0.25) is 0 Å². The Morgan fingerprint density at radius 1 is 1.46 bits per heavy atom. The Bertz CT molecular complexity index is 332. The first-order valence-electron chi connectivity index (χ1n) is 3.73. The highest BCUT2D eigenvalue weighted by atomic mass is 35.5. The first-order chi connectivity index (χ1) is 6.27. The Kier molecular flexibility index (Phi) is 3.53. The zero-order chi connectivity index (χ0) is 9.68. The fourth-order valence-electron chi connectivity index (χ4n) is 0.937. The molecule has 0 N–H and O–H groups in total. The predicted molar refractivity (Wildman–Crippen MR) is 53.1 cm³/mol. The minimum absolute atomic E-state index is 0.538. The fourth-order valence-corrected chi connectivity index (χ4v) is 1.20. The van der Waals surface area contributed by atoms with Gasteiger partial charge in [-0.05, 0) is 23.8 Å². The minimum atomic E-state index is 0.538. The second-order valence-electron chi connectivity index (χ2n) is 2.39. The van der Waals surface area contributed by atoms with E-state index in [2.05, 4.69) is 0 Å². The monoisotopic (exact) mass is 196 g/mol. The summed E-state index contributed by atoms with van der Waals surface area (Å²) in [6.45, 7) is 0. The zero-order valence-corrected chi connectivity index (χ0v) is 7.91. The molecule has 1 rings (SSSR count). The van der Waals surface area contributed by atoms with Crippen molar-refractivity contribution in [2.75, 3.05) is 7.11 Å². The summed E-state index contributed by atoms with van der Waals surface area (Å²) in [4.78, 5) is 10.0. The van der Waals surface area contributed by atoms with E-state index in [1.807, 2.05) is 6.07 Å². The van der Waals surface area contributed by atoms with Crippen molar-refractivity contribution in [3.63, 3.8) is 0 Å². The molecule has 0 atom stereocenters. The summed E-state index contributed by atoms with van der Waals surface area (Å²) in [5, 5.41) is 0.538. The summed E-state index contributed by atoms with van der Waals surface area (Å²) in [5.74, 6) is 0.630. The average Bonchev–Trinajstić information content (AvgIpc) is 2.15. The maximum atomic E-state index is 10.0. The van der Waals surface area contributed by atoms with Gasteiger partial charge in [-0.25, -0.2) is 0 Å². The van der Waals surface area contributed by atoms with Crippen LogP contribution in [0.5, 0.6) is 5.75 Å². The molecule has 0 bridgehead atoms. The summed E-state index contributed by atoms with van der Waals surface area (Å²) < 4.78 is 4.98. The number of benzene rings is 1. The molecule has 0 saturated heterocycles. The number of methoxy groups -OCH3 is 1. The molecule has 0 radical (unpaired) electrons. The van der Waals surface area contributed by atoms with Gasteiger partial charge in [-0.3, -0.25) is 4.79 Å². The SMILES string of the molecule is COc1ccc(/C=C/C=O)cc1Cl. The van der Waals surface area contributed by atoms with E-state index in [-0.39, 0.29) is 0 Å². The topological polar surface area (TPSA) is 26.3 Å². The molecule has 0 saturated carbocycles. The molecule has 68 valence electrons. The molecule has 2 nitrogen and oxygen atoms in total. The summed E-state index contributed by atoms with van der Waals surface area (Å²) in [5.41, 5.74) is 0.873. The average molecular weight is 197 g/mol. The van der Waals surface area contributed by atoms with Gasteiger partial charge in [0.15, 0.2) is 0 Å². The number of hydrogen-bond acceptors (Lipinski definition) is 2. The van der Waals surface area contributed by atoms with Crippen molar-refractivity contribution >= 4 is 24.0 Å². The normalized spacial score (nSPS) is 10.3. The third-order valence-corrected chi connectivity index (χ3v) is 1.84. The molecular formula is C10H9ClO2. The van der Waals surface area contributed by atoms with Gasteiger partial charge < -0.3 is 4.74 Å². The standard InChI is InChI=1S/C10H9ClO2/c1-13-10-5-4-8(3-2-6-12)7-9(10)11/h2-7H,1H3/b3-2+. The predicted octanol–water partition coefficient (Wildman–Crippen LogP) is 2.56. The fraction of sp³-hybridized carbons (Fsp3) is 0.100. The van der Waals surface area contributed by atoms with E-state index in [0.29, 0.717) is 10.8 Å². The van der Waals surface area contributed by atoms with Crippen molar-refractivity contribution in [1.82, 2.24) is 0 Å². The maximum Gasteiger partial charge on any atom is 0.142 e. The van der Waals surface area contributed by atoms with Crippen LogP contribution < -0.4 is 4.74 Å². The lowest BCUT2D eigenvalue weighted by molar-refractivity contribution is -0.104. The molecule has 0 amide bonds. The van der Waals surface area contributed by atoms with E-state index >= 15 is 0 Å². The summed E-state index contributed by atoms with van der Waals surface area (Å²) in [6.07, 6.45) is 3.81. The number of carbonyl (C=O) groups is 1. The van der Waals surface area contributed by atoms with Crippen LogP contribution in [-0.4, -0.2) is 13.4 Å².